The minimum absolute atomic E-state index is 0.132. The number of carbonyl (C=O) groups is 1. The Morgan fingerprint density at radius 1 is 1.14 bits per heavy atom. The lowest BCUT2D eigenvalue weighted by Crippen LogP contribution is -2.20. The maximum absolute atomic E-state index is 12.2. The highest BCUT2D eigenvalue weighted by molar-refractivity contribution is 6.02. The minimum atomic E-state index is -0.419. The third-order valence-corrected chi connectivity index (χ3v) is 3.77. The van der Waals surface area contributed by atoms with Gasteiger partial charge in [-0.2, -0.15) is 0 Å². The number of nitrogens with zero attached hydrogens (tertiary/aromatic N) is 1. The molecule has 0 amide bonds. The quantitative estimate of drug-likeness (QED) is 0.892. The molecule has 0 saturated heterocycles. The van der Waals surface area contributed by atoms with Crippen LogP contribution in [0.2, 0.25) is 0 Å². The monoisotopic (exact) mass is 299 g/mol. The number of hydrogen-bond donors (Lipinski definition) is 2. The van der Waals surface area contributed by atoms with Crippen molar-refractivity contribution in [2.45, 2.75) is 12.5 Å². The lowest BCUT2D eigenvalue weighted by molar-refractivity contribution is 0.0845. The molecule has 1 aliphatic rings. The summed E-state index contributed by atoms with van der Waals surface area (Å²) in [7, 11) is 3.91. The molecule has 2 aromatic carbocycles. The number of ketones is 1. The Balaban J connectivity index is 1.93. The first-order chi connectivity index (χ1) is 10.5. The van der Waals surface area contributed by atoms with Gasteiger partial charge in [-0.25, -0.2) is 0 Å². The molecule has 1 atom stereocenters. The van der Waals surface area contributed by atoms with E-state index in [2.05, 4.69) is 0 Å². The van der Waals surface area contributed by atoms with Crippen molar-refractivity contribution in [2.24, 2.45) is 0 Å². The van der Waals surface area contributed by atoms with Crippen molar-refractivity contribution in [3.63, 3.8) is 0 Å². The number of benzene rings is 2. The summed E-state index contributed by atoms with van der Waals surface area (Å²) in [5.74, 6) is -0.357. The number of carbonyl (C=O) groups excluding carboxylic acids is 1. The number of fused-ring (bicyclic) bond motifs is 1. The molecular formula is C17H17NO4. The number of Topliss-reactive ketones (excluding diaryl/α,β-unsaturated/α-hetero) is 1. The molecule has 2 aromatic rings. The van der Waals surface area contributed by atoms with Crippen LogP contribution in [0.1, 0.15) is 28.4 Å². The number of anilines is 1. The van der Waals surface area contributed by atoms with Gasteiger partial charge in [-0.1, -0.05) is 12.1 Å². The number of aromatic hydroxyl groups is 2. The summed E-state index contributed by atoms with van der Waals surface area (Å²) in [6, 6.07) is 10.2. The molecule has 0 aliphatic carbocycles. The predicted octanol–water partition coefficient (Wildman–Crippen LogP) is 2.87. The second-order valence-electron chi connectivity index (χ2n) is 5.56. The molecule has 3 rings (SSSR count). The molecule has 1 heterocycles. The predicted molar refractivity (Wildman–Crippen MR) is 82.9 cm³/mol. The van der Waals surface area contributed by atoms with Crippen molar-refractivity contribution in [3.8, 4) is 17.2 Å². The van der Waals surface area contributed by atoms with Crippen LogP contribution in [0.25, 0.3) is 0 Å². The van der Waals surface area contributed by atoms with Crippen molar-refractivity contribution < 1.29 is 19.7 Å². The van der Waals surface area contributed by atoms with Crippen LogP contribution in [0.15, 0.2) is 36.4 Å². The summed E-state index contributed by atoms with van der Waals surface area (Å²) < 4.78 is 5.80. The largest absolute Gasteiger partial charge is 0.508 e. The smallest absolute Gasteiger partial charge is 0.174 e. The number of phenolic OH excluding ortho intramolecular Hbond substituents is 2. The number of phenols is 2. The summed E-state index contributed by atoms with van der Waals surface area (Å²) in [6.07, 6.45) is -0.260. The normalized spacial score (nSPS) is 16.8. The van der Waals surface area contributed by atoms with Gasteiger partial charge < -0.3 is 19.8 Å². The third-order valence-electron chi connectivity index (χ3n) is 3.77. The fourth-order valence-electron chi connectivity index (χ4n) is 2.60. The van der Waals surface area contributed by atoms with Crippen LogP contribution >= 0.6 is 0 Å². The van der Waals surface area contributed by atoms with Crippen LogP contribution < -0.4 is 9.64 Å². The van der Waals surface area contributed by atoms with Crippen molar-refractivity contribution in [2.75, 3.05) is 19.0 Å². The third kappa shape index (κ3) is 2.45. The topological polar surface area (TPSA) is 70.0 Å². The van der Waals surface area contributed by atoms with E-state index in [4.69, 9.17) is 4.74 Å². The van der Waals surface area contributed by atoms with E-state index in [-0.39, 0.29) is 35.0 Å². The highest BCUT2D eigenvalue weighted by Crippen LogP contribution is 2.41. The molecule has 2 N–H and O–H groups in total. The molecule has 0 fully saturated rings. The fraction of sp³-hybridized carbons (Fsp3) is 0.235. The molecule has 0 spiro atoms. The van der Waals surface area contributed by atoms with E-state index in [0.717, 1.165) is 17.3 Å². The van der Waals surface area contributed by atoms with Crippen LogP contribution in [0.3, 0.4) is 0 Å². The zero-order valence-corrected chi connectivity index (χ0v) is 12.4. The Kier molecular flexibility index (Phi) is 3.41. The number of rotatable bonds is 2. The number of ether oxygens (including phenoxy) is 1. The van der Waals surface area contributed by atoms with E-state index in [1.165, 1.54) is 6.07 Å². The SMILES string of the molecule is CN(C)c1ccc(C2CC(=O)c3c(O)cc(O)cc3O2)cc1. The molecule has 22 heavy (non-hydrogen) atoms. The van der Waals surface area contributed by atoms with Crippen LogP contribution in [0.4, 0.5) is 5.69 Å². The van der Waals surface area contributed by atoms with Gasteiger partial charge in [0.25, 0.3) is 0 Å². The minimum Gasteiger partial charge on any atom is -0.508 e. The van der Waals surface area contributed by atoms with Gasteiger partial charge in [-0.3, -0.25) is 4.79 Å². The molecule has 0 aromatic heterocycles. The average Bonchev–Trinajstić information content (AvgIpc) is 2.46. The van der Waals surface area contributed by atoms with Gasteiger partial charge in [0.05, 0.1) is 6.42 Å². The van der Waals surface area contributed by atoms with E-state index in [0.29, 0.717) is 0 Å². The Morgan fingerprint density at radius 2 is 1.82 bits per heavy atom. The average molecular weight is 299 g/mol. The first kappa shape index (κ1) is 14.3. The summed E-state index contributed by atoms with van der Waals surface area (Å²) in [4.78, 5) is 14.2. The van der Waals surface area contributed by atoms with Crippen molar-refractivity contribution in [1.82, 2.24) is 0 Å². The molecule has 0 saturated carbocycles. The number of hydrogen-bond acceptors (Lipinski definition) is 5. The van der Waals surface area contributed by atoms with E-state index in [9.17, 15) is 15.0 Å². The Hall–Kier alpha value is -2.69. The Morgan fingerprint density at radius 3 is 2.45 bits per heavy atom. The summed E-state index contributed by atoms with van der Waals surface area (Å²) in [6.45, 7) is 0. The highest BCUT2D eigenvalue weighted by atomic mass is 16.5. The Labute approximate surface area is 128 Å². The molecule has 0 bridgehead atoms. The van der Waals surface area contributed by atoms with Crippen LogP contribution in [0.5, 0.6) is 17.2 Å². The van der Waals surface area contributed by atoms with Gasteiger partial charge in [0.2, 0.25) is 0 Å². The summed E-state index contributed by atoms with van der Waals surface area (Å²) in [5.41, 5.74) is 2.08. The second-order valence-corrected chi connectivity index (χ2v) is 5.56. The van der Waals surface area contributed by atoms with E-state index >= 15 is 0 Å². The summed E-state index contributed by atoms with van der Waals surface area (Å²) in [5, 5.41) is 19.3. The fourth-order valence-corrected chi connectivity index (χ4v) is 2.60. The van der Waals surface area contributed by atoms with E-state index in [1.54, 1.807) is 0 Å². The standard InChI is InChI=1S/C17H17NO4/c1-18(2)11-5-3-10(4-6-11)15-9-14(21)17-13(20)7-12(19)8-16(17)22-15/h3-8,15,19-20H,9H2,1-2H3. The second kappa shape index (κ2) is 5.26. The molecule has 114 valence electrons. The first-order valence-electron chi connectivity index (χ1n) is 6.99. The van der Waals surface area contributed by atoms with Crippen molar-refractivity contribution >= 4 is 11.5 Å². The molecule has 5 nitrogen and oxygen atoms in total. The van der Waals surface area contributed by atoms with Gasteiger partial charge in [0.15, 0.2) is 5.78 Å². The lowest BCUT2D eigenvalue weighted by atomic mass is 9.95. The molecule has 0 radical (unpaired) electrons. The zero-order valence-electron chi connectivity index (χ0n) is 12.4. The van der Waals surface area contributed by atoms with Gasteiger partial charge in [-0.15, -0.1) is 0 Å². The zero-order chi connectivity index (χ0) is 15.9. The maximum Gasteiger partial charge on any atom is 0.174 e. The van der Waals surface area contributed by atoms with Crippen LogP contribution in [-0.4, -0.2) is 30.1 Å². The van der Waals surface area contributed by atoms with Crippen LogP contribution in [-0.2, 0) is 0 Å². The summed E-state index contributed by atoms with van der Waals surface area (Å²) >= 11 is 0. The molecular weight excluding hydrogens is 282 g/mol. The highest BCUT2D eigenvalue weighted by Gasteiger charge is 2.30. The Bertz CT molecular complexity index is 722. The van der Waals surface area contributed by atoms with Gasteiger partial charge in [0, 0.05) is 31.9 Å². The van der Waals surface area contributed by atoms with Gasteiger partial charge in [-0.05, 0) is 17.7 Å². The van der Waals surface area contributed by atoms with E-state index in [1.807, 2.05) is 43.3 Å². The molecule has 5 heteroatoms. The van der Waals surface area contributed by atoms with Gasteiger partial charge in [0.1, 0.15) is 28.9 Å². The maximum atomic E-state index is 12.2. The van der Waals surface area contributed by atoms with Gasteiger partial charge >= 0.3 is 0 Å². The lowest BCUT2D eigenvalue weighted by Gasteiger charge is -2.26. The first-order valence-corrected chi connectivity index (χ1v) is 6.99. The van der Waals surface area contributed by atoms with Crippen molar-refractivity contribution in [1.29, 1.82) is 0 Å². The van der Waals surface area contributed by atoms with Crippen LogP contribution in [0, 0.1) is 0 Å². The van der Waals surface area contributed by atoms with Crippen molar-refractivity contribution in [3.05, 3.63) is 47.5 Å². The molecule has 1 unspecified atom stereocenters. The molecule has 1 aliphatic heterocycles. The van der Waals surface area contributed by atoms with E-state index < -0.39 is 6.10 Å².